The van der Waals surface area contributed by atoms with E-state index in [2.05, 4.69) is 138 Å². The van der Waals surface area contributed by atoms with Crippen molar-refractivity contribution in [1.82, 2.24) is 9.80 Å². The SMILES string of the molecule is CN1CCN(C)CC1.Cc1ccc(C)cc1.Cc1cccc(C)c1.Cc1ccccc1C. The highest BCUT2D eigenvalue weighted by Crippen LogP contribution is 2.03. The van der Waals surface area contributed by atoms with Gasteiger partial charge in [0.15, 0.2) is 0 Å². The standard InChI is InChI=1S/3C8H10.C6H14N2/c1-7-3-5-8(2)6-4-7;1-7-4-3-5-8(2)6-7;1-7-5-3-4-6-8(7)2;1-7-3-5-8(2)6-4-7/h3*3-6H,1-2H3;3-6H2,1-2H3. The molecule has 0 amide bonds. The lowest BCUT2D eigenvalue weighted by Gasteiger charge is -2.28. The van der Waals surface area contributed by atoms with Gasteiger partial charge in [-0.1, -0.05) is 95.1 Å². The predicted octanol–water partition coefficient (Wildman–Crippen LogP) is 6.77. The first-order chi connectivity index (χ1) is 15.2. The Morgan fingerprint density at radius 3 is 1.03 bits per heavy atom. The Balaban J connectivity index is 0.000000213. The summed E-state index contributed by atoms with van der Waals surface area (Å²) in [6.45, 7) is 17.6. The highest BCUT2D eigenvalue weighted by atomic mass is 15.2. The minimum Gasteiger partial charge on any atom is -0.304 e. The van der Waals surface area contributed by atoms with E-state index in [0.717, 1.165) is 0 Å². The van der Waals surface area contributed by atoms with Crippen molar-refractivity contribution in [1.29, 1.82) is 0 Å². The van der Waals surface area contributed by atoms with Gasteiger partial charge in [0.05, 0.1) is 0 Å². The Morgan fingerprint density at radius 1 is 0.438 bits per heavy atom. The first-order valence-corrected chi connectivity index (χ1v) is 11.6. The molecule has 1 heterocycles. The lowest BCUT2D eigenvalue weighted by atomic mass is 10.1. The van der Waals surface area contributed by atoms with Crippen LogP contribution in [0.15, 0.2) is 72.8 Å². The van der Waals surface area contributed by atoms with E-state index >= 15 is 0 Å². The molecule has 0 N–H and O–H groups in total. The van der Waals surface area contributed by atoms with Crippen LogP contribution in [-0.2, 0) is 0 Å². The van der Waals surface area contributed by atoms with E-state index < -0.39 is 0 Å². The third-order valence-corrected chi connectivity index (χ3v) is 5.54. The van der Waals surface area contributed by atoms with Crippen LogP contribution in [0.3, 0.4) is 0 Å². The lowest BCUT2D eigenvalue weighted by Crippen LogP contribution is -2.42. The monoisotopic (exact) mass is 432 g/mol. The van der Waals surface area contributed by atoms with Crippen LogP contribution < -0.4 is 0 Å². The fourth-order valence-electron chi connectivity index (χ4n) is 3.01. The highest BCUT2D eigenvalue weighted by molar-refractivity contribution is 5.23. The molecule has 174 valence electrons. The minimum atomic E-state index is 1.23. The van der Waals surface area contributed by atoms with Gasteiger partial charge in [0.25, 0.3) is 0 Å². The first kappa shape index (κ1) is 27.6. The molecule has 4 rings (SSSR count). The van der Waals surface area contributed by atoms with Crippen LogP contribution in [-0.4, -0.2) is 50.1 Å². The van der Waals surface area contributed by atoms with Gasteiger partial charge < -0.3 is 9.80 Å². The molecule has 0 radical (unpaired) electrons. The highest BCUT2D eigenvalue weighted by Gasteiger charge is 2.07. The molecule has 0 spiro atoms. The summed E-state index contributed by atoms with van der Waals surface area (Å²) < 4.78 is 0. The van der Waals surface area contributed by atoms with Crippen molar-refractivity contribution < 1.29 is 0 Å². The van der Waals surface area contributed by atoms with Crippen molar-refractivity contribution in [3.05, 3.63) is 106 Å². The third-order valence-electron chi connectivity index (χ3n) is 5.54. The van der Waals surface area contributed by atoms with Crippen molar-refractivity contribution in [3.8, 4) is 0 Å². The van der Waals surface area contributed by atoms with E-state index in [1.807, 2.05) is 0 Å². The second-order valence-electron chi connectivity index (χ2n) is 9.00. The number of benzene rings is 3. The maximum atomic E-state index is 2.36. The Morgan fingerprint density at radius 2 is 0.781 bits per heavy atom. The van der Waals surface area contributed by atoms with Gasteiger partial charge in [0.1, 0.15) is 0 Å². The number of likely N-dealkylation sites (N-methyl/N-ethyl adjacent to an activating group) is 2. The van der Waals surface area contributed by atoms with Gasteiger partial charge in [0.2, 0.25) is 0 Å². The molecular formula is C30H44N2. The van der Waals surface area contributed by atoms with Crippen molar-refractivity contribution in [3.63, 3.8) is 0 Å². The zero-order chi connectivity index (χ0) is 23.9. The molecule has 0 atom stereocenters. The fourth-order valence-corrected chi connectivity index (χ4v) is 3.01. The summed E-state index contributed by atoms with van der Waals surface area (Å²) >= 11 is 0. The Kier molecular flexibility index (Phi) is 13.3. The molecule has 1 saturated heterocycles. The Labute approximate surface area is 197 Å². The molecule has 0 unspecified atom stereocenters. The van der Waals surface area contributed by atoms with Crippen molar-refractivity contribution in [2.45, 2.75) is 41.5 Å². The molecule has 2 nitrogen and oxygen atoms in total. The molecule has 1 aliphatic heterocycles. The van der Waals surface area contributed by atoms with Crippen LogP contribution >= 0.6 is 0 Å². The maximum Gasteiger partial charge on any atom is 0.0107 e. The molecule has 32 heavy (non-hydrogen) atoms. The minimum absolute atomic E-state index is 1.23. The van der Waals surface area contributed by atoms with Gasteiger partial charge in [0, 0.05) is 26.2 Å². The molecule has 0 aromatic heterocycles. The van der Waals surface area contributed by atoms with Gasteiger partial charge in [-0.3, -0.25) is 0 Å². The summed E-state index contributed by atoms with van der Waals surface area (Å²) in [6.07, 6.45) is 0. The second-order valence-corrected chi connectivity index (χ2v) is 9.00. The number of nitrogens with zero attached hydrogens (tertiary/aromatic N) is 2. The summed E-state index contributed by atoms with van der Waals surface area (Å²) in [5.74, 6) is 0. The van der Waals surface area contributed by atoms with E-state index in [9.17, 15) is 0 Å². The molecule has 1 aliphatic rings. The summed E-state index contributed by atoms with van der Waals surface area (Å²) in [4.78, 5) is 4.72. The van der Waals surface area contributed by atoms with Gasteiger partial charge in [-0.25, -0.2) is 0 Å². The molecule has 0 bridgehead atoms. The number of rotatable bonds is 0. The topological polar surface area (TPSA) is 6.48 Å². The number of piperazine rings is 1. The Bertz CT molecular complexity index is 806. The van der Waals surface area contributed by atoms with Crippen LogP contribution in [0.4, 0.5) is 0 Å². The quantitative estimate of drug-likeness (QED) is 0.386. The van der Waals surface area contributed by atoms with Crippen LogP contribution in [0.5, 0.6) is 0 Å². The van der Waals surface area contributed by atoms with E-state index in [0.29, 0.717) is 0 Å². The lowest BCUT2D eigenvalue weighted by molar-refractivity contribution is 0.181. The van der Waals surface area contributed by atoms with E-state index in [1.165, 1.54) is 59.6 Å². The van der Waals surface area contributed by atoms with Crippen LogP contribution in [0.1, 0.15) is 33.4 Å². The van der Waals surface area contributed by atoms with Gasteiger partial charge in [-0.15, -0.1) is 0 Å². The van der Waals surface area contributed by atoms with Crippen LogP contribution in [0.25, 0.3) is 0 Å². The third kappa shape index (κ3) is 13.1. The summed E-state index contributed by atoms with van der Waals surface area (Å²) in [6, 6.07) is 25.3. The van der Waals surface area contributed by atoms with Gasteiger partial charge in [-0.2, -0.15) is 0 Å². The fraction of sp³-hybridized carbons (Fsp3) is 0.400. The van der Waals surface area contributed by atoms with Crippen LogP contribution in [0.2, 0.25) is 0 Å². The molecule has 0 aliphatic carbocycles. The van der Waals surface area contributed by atoms with Crippen molar-refractivity contribution in [2.24, 2.45) is 0 Å². The predicted molar refractivity (Wildman–Crippen MR) is 143 cm³/mol. The van der Waals surface area contributed by atoms with E-state index in [-0.39, 0.29) is 0 Å². The van der Waals surface area contributed by atoms with Crippen molar-refractivity contribution >= 4 is 0 Å². The number of hydrogen-bond donors (Lipinski definition) is 0. The van der Waals surface area contributed by atoms with E-state index in [1.54, 1.807) is 0 Å². The second kappa shape index (κ2) is 15.4. The number of hydrogen-bond acceptors (Lipinski definition) is 2. The summed E-state index contributed by atoms with van der Waals surface area (Å²) in [5, 5.41) is 0. The molecule has 3 aromatic rings. The molecular weight excluding hydrogens is 388 g/mol. The average molecular weight is 433 g/mol. The van der Waals surface area contributed by atoms with E-state index in [4.69, 9.17) is 0 Å². The largest absolute Gasteiger partial charge is 0.304 e. The van der Waals surface area contributed by atoms with Gasteiger partial charge in [-0.05, 0) is 66.8 Å². The smallest absolute Gasteiger partial charge is 0.0107 e. The molecule has 3 aromatic carbocycles. The summed E-state index contributed by atoms with van der Waals surface area (Å²) in [7, 11) is 4.35. The van der Waals surface area contributed by atoms with Gasteiger partial charge >= 0.3 is 0 Å². The summed E-state index contributed by atoms with van der Waals surface area (Å²) in [5.41, 5.74) is 8.07. The normalized spacial score (nSPS) is 13.5. The Hall–Kier alpha value is -2.42. The van der Waals surface area contributed by atoms with Crippen molar-refractivity contribution in [2.75, 3.05) is 40.3 Å². The molecule has 0 saturated carbocycles. The average Bonchev–Trinajstić information content (AvgIpc) is 2.76. The first-order valence-electron chi connectivity index (χ1n) is 11.6. The zero-order valence-electron chi connectivity index (χ0n) is 21.7. The van der Waals surface area contributed by atoms with Crippen LogP contribution in [0, 0.1) is 41.5 Å². The maximum absolute atomic E-state index is 2.36. The number of aryl methyl sites for hydroxylation is 6. The zero-order valence-corrected chi connectivity index (χ0v) is 21.7. The molecule has 1 fully saturated rings. The molecule has 2 heteroatoms.